The standard InChI is InChI=1S/C16H16BrF2N/c1-20-15(8-11-2-4-13(17)5-3-11)10-12-9-14(18)6-7-16(12)19/h2-7,9,15,20H,8,10H2,1H3. The fraction of sp³-hybridized carbons (Fsp3) is 0.250. The van der Waals surface area contributed by atoms with Gasteiger partial charge >= 0.3 is 0 Å². The number of likely N-dealkylation sites (N-methyl/N-ethyl adjacent to an activating group) is 1. The summed E-state index contributed by atoms with van der Waals surface area (Å²) in [6, 6.07) is 11.6. The Hall–Kier alpha value is -1.26. The zero-order valence-electron chi connectivity index (χ0n) is 11.2. The molecule has 0 spiro atoms. The van der Waals surface area contributed by atoms with E-state index in [1.165, 1.54) is 12.1 Å². The number of benzene rings is 2. The van der Waals surface area contributed by atoms with Gasteiger partial charge in [-0.05, 0) is 61.3 Å². The van der Waals surface area contributed by atoms with E-state index in [1.807, 2.05) is 31.3 Å². The van der Waals surface area contributed by atoms with E-state index in [-0.39, 0.29) is 11.9 Å². The maximum atomic E-state index is 13.7. The molecule has 2 aromatic carbocycles. The Morgan fingerprint density at radius 1 is 1.05 bits per heavy atom. The lowest BCUT2D eigenvalue weighted by atomic mass is 9.99. The van der Waals surface area contributed by atoms with Crippen LogP contribution in [0.1, 0.15) is 11.1 Å². The summed E-state index contributed by atoms with van der Waals surface area (Å²) in [5.74, 6) is -0.762. The van der Waals surface area contributed by atoms with Crippen LogP contribution >= 0.6 is 15.9 Å². The van der Waals surface area contributed by atoms with E-state index in [0.29, 0.717) is 12.0 Å². The van der Waals surface area contributed by atoms with Crippen molar-refractivity contribution >= 4 is 15.9 Å². The van der Waals surface area contributed by atoms with Crippen LogP contribution in [0.25, 0.3) is 0 Å². The molecule has 0 aliphatic carbocycles. The molecule has 0 saturated carbocycles. The van der Waals surface area contributed by atoms with Crippen molar-refractivity contribution in [3.63, 3.8) is 0 Å². The first-order valence-corrected chi connectivity index (χ1v) is 7.23. The fourth-order valence-corrected chi connectivity index (χ4v) is 2.41. The second-order valence-electron chi connectivity index (χ2n) is 4.76. The average molecular weight is 340 g/mol. The number of nitrogens with one attached hydrogen (secondary N) is 1. The molecule has 20 heavy (non-hydrogen) atoms. The van der Waals surface area contributed by atoms with Crippen molar-refractivity contribution in [2.75, 3.05) is 7.05 Å². The number of rotatable bonds is 5. The van der Waals surface area contributed by atoms with Crippen LogP contribution in [0, 0.1) is 11.6 Å². The molecule has 0 heterocycles. The minimum absolute atomic E-state index is 0.0625. The third-order valence-electron chi connectivity index (χ3n) is 3.28. The van der Waals surface area contributed by atoms with Crippen molar-refractivity contribution in [2.45, 2.75) is 18.9 Å². The molecule has 4 heteroatoms. The van der Waals surface area contributed by atoms with Gasteiger partial charge in [0, 0.05) is 10.5 Å². The molecule has 1 N–H and O–H groups in total. The zero-order valence-corrected chi connectivity index (χ0v) is 12.8. The second kappa shape index (κ2) is 6.95. The summed E-state index contributed by atoms with van der Waals surface area (Å²) in [7, 11) is 1.83. The molecule has 1 atom stereocenters. The Morgan fingerprint density at radius 2 is 1.75 bits per heavy atom. The molecule has 106 valence electrons. The Bertz CT molecular complexity index is 569. The minimum atomic E-state index is -0.403. The zero-order chi connectivity index (χ0) is 14.5. The largest absolute Gasteiger partial charge is 0.316 e. The Kier molecular flexibility index (Phi) is 5.26. The third kappa shape index (κ3) is 4.12. The molecule has 0 amide bonds. The van der Waals surface area contributed by atoms with Gasteiger partial charge in [-0.25, -0.2) is 8.78 Å². The first-order valence-electron chi connectivity index (χ1n) is 6.44. The first-order chi connectivity index (χ1) is 9.58. The maximum Gasteiger partial charge on any atom is 0.126 e. The summed E-state index contributed by atoms with van der Waals surface area (Å²) in [5.41, 5.74) is 1.56. The Labute approximate surface area is 126 Å². The van der Waals surface area contributed by atoms with Crippen molar-refractivity contribution in [2.24, 2.45) is 0 Å². The predicted molar refractivity (Wildman–Crippen MR) is 80.8 cm³/mol. The molecule has 2 rings (SSSR count). The average Bonchev–Trinajstić information content (AvgIpc) is 2.44. The summed E-state index contributed by atoms with van der Waals surface area (Å²) < 4.78 is 27.9. The molecule has 0 aromatic heterocycles. The lowest BCUT2D eigenvalue weighted by Crippen LogP contribution is -2.30. The van der Waals surface area contributed by atoms with E-state index >= 15 is 0 Å². The van der Waals surface area contributed by atoms with Gasteiger partial charge in [0.25, 0.3) is 0 Å². The quantitative estimate of drug-likeness (QED) is 0.864. The van der Waals surface area contributed by atoms with Gasteiger partial charge in [-0.15, -0.1) is 0 Å². The van der Waals surface area contributed by atoms with E-state index in [0.717, 1.165) is 22.5 Å². The van der Waals surface area contributed by atoms with E-state index < -0.39 is 5.82 Å². The topological polar surface area (TPSA) is 12.0 Å². The van der Waals surface area contributed by atoms with Gasteiger partial charge in [0.1, 0.15) is 11.6 Å². The lowest BCUT2D eigenvalue weighted by Gasteiger charge is -2.17. The lowest BCUT2D eigenvalue weighted by molar-refractivity contribution is 0.525. The summed E-state index contributed by atoms with van der Waals surface area (Å²) >= 11 is 3.39. The van der Waals surface area contributed by atoms with Crippen LogP contribution in [0.2, 0.25) is 0 Å². The van der Waals surface area contributed by atoms with Crippen LogP contribution in [-0.4, -0.2) is 13.1 Å². The normalized spacial score (nSPS) is 12.4. The molecular weight excluding hydrogens is 324 g/mol. The van der Waals surface area contributed by atoms with Crippen LogP contribution in [-0.2, 0) is 12.8 Å². The predicted octanol–water partition coefficient (Wildman–Crippen LogP) is 4.10. The molecule has 0 fully saturated rings. The number of hydrogen-bond acceptors (Lipinski definition) is 1. The van der Waals surface area contributed by atoms with Gasteiger partial charge in [-0.3, -0.25) is 0 Å². The van der Waals surface area contributed by atoms with Gasteiger partial charge in [0.15, 0.2) is 0 Å². The first kappa shape index (κ1) is 15.1. The van der Waals surface area contributed by atoms with Crippen LogP contribution in [0.15, 0.2) is 46.9 Å². The van der Waals surface area contributed by atoms with E-state index in [4.69, 9.17) is 0 Å². The molecule has 0 bridgehead atoms. The summed E-state index contributed by atoms with van der Waals surface area (Å²) in [4.78, 5) is 0. The van der Waals surface area contributed by atoms with Gasteiger partial charge < -0.3 is 5.32 Å². The fourth-order valence-electron chi connectivity index (χ4n) is 2.15. The monoisotopic (exact) mass is 339 g/mol. The van der Waals surface area contributed by atoms with Crippen molar-refractivity contribution in [3.05, 3.63) is 69.7 Å². The van der Waals surface area contributed by atoms with Crippen LogP contribution in [0.3, 0.4) is 0 Å². The number of halogens is 3. The highest BCUT2D eigenvalue weighted by Gasteiger charge is 2.12. The molecule has 2 aromatic rings. The van der Waals surface area contributed by atoms with Crippen molar-refractivity contribution < 1.29 is 8.78 Å². The number of hydrogen-bond donors (Lipinski definition) is 1. The second-order valence-corrected chi connectivity index (χ2v) is 5.67. The van der Waals surface area contributed by atoms with Gasteiger partial charge in [-0.1, -0.05) is 28.1 Å². The highest BCUT2D eigenvalue weighted by molar-refractivity contribution is 9.10. The minimum Gasteiger partial charge on any atom is -0.316 e. The van der Waals surface area contributed by atoms with Crippen LogP contribution in [0.4, 0.5) is 8.78 Å². The maximum absolute atomic E-state index is 13.7. The highest BCUT2D eigenvalue weighted by atomic mass is 79.9. The van der Waals surface area contributed by atoms with Gasteiger partial charge in [0.2, 0.25) is 0 Å². The van der Waals surface area contributed by atoms with Crippen LogP contribution < -0.4 is 5.32 Å². The molecule has 0 saturated heterocycles. The van der Waals surface area contributed by atoms with Gasteiger partial charge in [-0.2, -0.15) is 0 Å². The summed E-state index contributed by atoms with van der Waals surface area (Å²) in [6.45, 7) is 0. The van der Waals surface area contributed by atoms with E-state index in [2.05, 4.69) is 21.2 Å². The Balaban J connectivity index is 2.08. The summed E-state index contributed by atoms with van der Waals surface area (Å²) in [5, 5.41) is 3.16. The van der Waals surface area contributed by atoms with E-state index in [9.17, 15) is 8.78 Å². The molecular formula is C16H16BrF2N. The molecule has 0 radical (unpaired) electrons. The smallest absolute Gasteiger partial charge is 0.126 e. The summed E-state index contributed by atoms with van der Waals surface area (Å²) in [6.07, 6.45) is 1.22. The SMILES string of the molecule is CNC(Cc1ccc(Br)cc1)Cc1cc(F)ccc1F. The molecule has 0 aliphatic heterocycles. The third-order valence-corrected chi connectivity index (χ3v) is 3.81. The van der Waals surface area contributed by atoms with Crippen molar-refractivity contribution in [3.8, 4) is 0 Å². The van der Waals surface area contributed by atoms with Crippen molar-refractivity contribution in [1.82, 2.24) is 5.32 Å². The Morgan fingerprint density at radius 3 is 2.40 bits per heavy atom. The highest BCUT2D eigenvalue weighted by Crippen LogP contribution is 2.16. The van der Waals surface area contributed by atoms with Gasteiger partial charge in [0.05, 0.1) is 0 Å². The van der Waals surface area contributed by atoms with E-state index in [1.54, 1.807) is 0 Å². The molecule has 0 aliphatic rings. The molecule has 1 unspecified atom stereocenters. The molecule has 1 nitrogen and oxygen atoms in total. The van der Waals surface area contributed by atoms with Crippen molar-refractivity contribution in [1.29, 1.82) is 0 Å². The van der Waals surface area contributed by atoms with Crippen LogP contribution in [0.5, 0.6) is 0 Å².